The van der Waals surface area contributed by atoms with E-state index in [1.165, 1.54) is 13.0 Å². The van der Waals surface area contributed by atoms with E-state index in [4.69, 9.17) is 10.2 Å². The molecule has 0 rings (SSSR count). The Bertz CT molecular complexity index is 110. The van der Waals surface area contributed by atoms with Crippen molar-refractivity contribution in [2.24, 2.45) is 0 Å². The third kappa shape index (κ3) is 1.80. The summed E-state index contributed by atoms with van der Waals surface area (Å²) in [6, 6.07) is 0. The van der Waals surface area contributed by atoms with Gasteiger partial charge >= 0.3 is 0 Å². The third-order valence-electron chi connectivity index (χ3n) is 0.881. The van der Waals surface area contributed by atoms with Gasteiger partial charge in [-0.05, 0) is 6.92 Å². The van der Waals surface area contributed by atoms with Gasteiger partial charge in [0.05, 0.1) is 12.4 Å². The summed E-state index contributed by atoms with van der Waals surface area (Å²) in [6.45, 7) is 4.74. The second-order valence-corrected chi connectivity index (χ2v) is 1.47. The molecule has 0 bridgehead atoms. The zero-order valence-electron chi connectivity index (χ0n) is 4.89. The van der Waals surface area contributed by atoms with E-state index in [1.807, 2.05) is 0 Å². The van der Waals surface area contributed by atoms with Crippen LogP contribution >= 0.6 is 0 Å². The van der Waals surface area contributed by atoms with Gasteiger partial charge in [-0.3, -0.25) is 0 Å². The van der Waals surface area contributed by atoms with E-state index in [0.717, 1.165) is 0 Å². The second kappa shape index (κ2) is 3.27. The zero-order valence-corrected chi connectivity index (χ0v) is 4.89. The molecule has 0 spiro atoms. The van der Waals surface area contributed by atoms with Gasteiger partial charge in [0.2, 0.25) is 0 Å². The van der Waals surface area contributed by atoms with Crippen LogP contribution in [0.25, 0.3) is 0 Å². The highest BCUT2D eigenvalue weighted by Crippen LogP contribution is 1.98. The Morgan fingerprint density at radius 3 is 2.25 bits per heavy atom. The maximum Gasteiger partial charge on any atom is 0.0946 e. The van der Waals surface area contributed by atoms with Crippen molar-refractivity contribution < 1.29 is 10.2 Å². The smallest absolute Gasteiger partial charge is 0.0946 e. The largest absolute Gasteiger partial charge is 0.512 e. The van der Waals surface area contributed by atoms with Gasteiger partial charge in [0, 0.05) is 5.57 Å². The predicted octanol–water partition coefficient (Wildman–Crippen LogP) is 0.997. The second-order valence-electron chi connectivity index (χ2n) is 1.47. The molecule has 0 aliphatic rings. The van der Waals surface area contributed by atoms with Gasteiger partial charge in [-0.2, -0.15) is 0 Å². The molecule has 46 valence electrons. The molecule has 0 aliphatic heterocycles. The fraction of sp³-hybridized carbons (Fsp3) is 0.333. The SMILES string of the molecule is C=C/C(CO)=C(\C)O. The topological polar surface area (TPSA) is 40.5 Å². The lowest BCUT2D eigenvalue weighted by atomic mass is 10.2. The van der Waals surface area contributed by atoms with E-state index < -0.39 is 0 Å². The normalized spacial score (nSPS) is 12.8. The van der Waals surface area contributed by atoms with E-state index in [9.17, 15) is 0 Å². The molecule has 2 heteroatoms. The Labute approximate surface area is 48.8 Å². The Balaban J connectivity index is 4.07. The summed E-state index contributed by atoms with van der Waals surface area (Å²) in [5.41, 5.74) is 0.477. The molecular weight excluding hydrogens is 104 g/mol. The summed E-state index contributed by atoms with van der Waals surface area (Å²) < 4.78 is 0. The third-order valence-corrected chi connectivity index (χ3v) is 0.881. The number of allylic oxidation sites excluding steroid dienone is 1. The molecule has 0 unspecified atom stereocenters. The van der Waals surface area contributed by atoms with Crippen LogP contribution in [0.2, 0.25) is 0 Å². The van der Waals surface area contributed by atoms with E-state index >= 15 is 0 Å². The van der Waals surface area contributed by atoms with Crippen LogP contribution in [0.15, 0.2) is 24.0 Å². The molecule has 0 saturated carbocycles. The molecule has 0 aromatic carbocycles. The Kier molecular flexibility index (Phi) is 2.96. The van der Waals surface area contributed by atoms with Crippen molar-refractivity contribution in [2.45, 2.75) is 6.92 Å². The first-order valence-electron chi connectivity index (χ1n) is 2.34. The number of hydrogen-bond donors (Lipinski definition) is 2. The minimum atomic E-state index is -0.147. The number of rotatable bonds is 2. The van der Waals surface area contributed by atoms with E-state index in [1.54, 1.807) is 0 Å². The van der Waals surface area contributed by atoms with Crippen LogP contribution in [0.5, 0.6) is 0 Å². The monoisotopic (exact) mass is 114 g/mol. The summed E-state index contributed by atoms with van der Waals surface area (Å²) in [5, 5.41) is 17.1. The van der Waals surface area contributed by atoms with Crippen LogP contribution in [0.3, 0.4) is 0 Å². The fourth-order valence-corrected chi connectivity index (χ4v) is 0.327. The number of aliphatic hydroxyl groups is 2. The van der Waals surface area contributed by atoms with E-state index in [-0.39, 0.29) is 12.4 Å². The highest BCUT2D eigenvalue weighted by molar-refractivity contribution is 5.18. The molecule has 0 amide bonds. The molecule has 0 fully saturated rings. The van der Waals surface area contributed by atoms with Gasteiger partial charge in [-0.1, -0.05) is 12.7 Å². The average molecular weight is 114 g/mol. The van der Waals surface area contributed by atoms with Crippen LogP contribution in [0.4, 0.5) is 0 Å². The first kappa shape index (κ1) is 7.24. The lowest BCUT2D eigenvalue weighted by Crippen LogP contribution is -1.89. The van der Waals surface area contributed by atoms with E-state index in [2.05, 4.69) is 6.58 Å². The minimum Gasteiger partial charge on any atom is -0.512 e. The highest BCUT2D eigenvalue weighted by Gasteiger charge is 1.90. The molecule has 0 aromatic rings. The van der Waals surface area contributed by atoms with Crippen molar-refractivity contribution in [2.75, 3.05) is 6.61 Å². The quantitative estimate of drug-likeness (QED) is 0.415. The van der Waals surface area contributed by atoms with Gasteiger partial charge < -0.3 is 10.2 Å². The Morgan fingerprint density at radius 1 is 1.75 bits per heavy atom. The zero-order chi connectivity index (χ0) is 6.57. The molecule has 0 heterocycles. The molecular formula is C6H10O2. The van der Waals surface area contributed by atoms with Crippen LogP contribution in [0.1, 0.15) is 6.92 Å². The van der Waals surface area contributed by atoms with Crippen LogP contribution in [-0.4, -0.2) is 16.8 Å². The molecule has 0 aromatic heterocycles. The van der Waals surface area contributed by atoms with Crippen molar-refractivity contribution in [3.8, 4) is 0 Å². The lowest BCUT2D eigenvalue weighted by molar-refractivity contribution is 0.319. The molecule has 8 heavy (non-hydrogen) atoms. The van der Waals surface area contributed by atoms with Gasteiger partial charge in [-0.25, -0.2) is 0 Å². The van der Waals surface area contributed by atoms with Crippen molar-refractivity contribution in [1.29, 1.82) is 0 Å². The maximum absolute atomic E-state index is 8.66. The predicted molar refractivity (Wildman–Crippen MR) is 32.6 cm³/mol. The standard InChI is InChI=1S/C6H10O2/c1-3-6(4-7)5(2)8/h3,7-8H,1,4H2,2H3/b6-5-. The molecule has 0 atom stereocenters. The van der Waals surface area contributed by atoms with Gasteiger partial charge in [0.1, 0.15) is 0 Å². The fourth-order valence-electron chi connectivity index (χ4n) is 0.327. The van der Waals surface area contributed by atoms with Crippen molar-refractivity contribution >= 4 is 0 Å². The number of hydrogen-bond acceptors (Lipinski definition) is 2. The van der Waals surface area contributed by atoms with Crippen LogP contribution in [0, 0.1) is 0 Å². The minimum absolute atomic E-state index is 0.127. The summed E-state index contributed by atoms with van der Waals surface area (Å²) in [7, 11) is 0. The number of aliphatic hydroxyl groups excluding tert-OH is 2. The Morgan fingerprint density at radius 2 is 2.25 bits per heavy atom. The van der Waals surface area contributed by atoms with Crippen molar-refractivity contribution in [1.82, 2.24) is 0 Å². The summed E-state index contributed by atoms with van der Waals surface area (Å²) in [4.78, 5) is 0. The first-order valence-corrected chi connectivity index (χ1v) is 2.34. The van der Waals surface area contributed by atoms with Crippen LogP contribution in [-0.2, 0) is 0 Å². The molecule has 0 aliphatic carbocycles. The Hall–Kier alpha value is -0.760. The molecule has 2 N–H and O–H groups in total. The van der Waals surface area contributed by atoms with Gasteiger partial charge in [-0.15, -0.1) is 0 Å². The molecule has 2 nitrogen and oxygen atoms in total. The summed E-state index contributed by atoms with van der Waals surface area (Å²) in [6.07, 6.45) is 1.43. The molecule has 0 radical (unpaired) electrons. The average Bonchev–Trinajstić information content (AvgIpc) is 1.69. The first-order chi connectivity index (χ1) is 3.72. The van der Waals surface area contributed by atoms with Gasteiger partial charge in [0.25, 0.3) is 0 Å². The van der Waals surface area contributed by atoms with Crippen LogP contribution < -0.4 is 0 Å². The van der Waals surface area contributed by atoms with E-state index in [0.29, 0.717) is 5.57 Å². The highest BCUT2D eigenvalue weighted by atomic mass is 16.3. The summed E-state index contributed by atoms with van der Waals surface area (Å²) >= 11 is 0. The van der Waals surface area contributed by atoms with Crippen molar-refractivity contribution in [3.05, 3.63) is 24.0 Å². The lowest BCUT2D eigenvalue weighted by Gasteiger charge is -1.94. The van der Waals surface area contributed by atoms with Crippen molar-refractivity contribution in [3.63, 3.8) is 0 Å². The van der Waals surface area contributed by atoms with Gasteiger partial charge in [0.15, 0.2) is 0 Å². The maximum atomic E-state index is 8.66. The summed E-state index contributed by atoms with van der Waals surface area (Å²) in [5.74, 6) is 0.127. The molecule has 0 saturated heterocycles.